The minimum atomic E-state index is -0.195. The Kier molecular flexibility index (Phi) is 6.09. The molecule has 1 aromatic rings. The Labute approximate surface area is 114 Å². The lowest BCUT2D eigenvalue weighted by Gasteiger charge is -2.22. The normalized spacial score (nSPS) is 11.3. The van der Waals surface area contributed by atoms with Crippen LogP contribution in [0.4, 0.5) is 5.69 Å². The molecule has 4 heteroatoms. The second-order valence-corrected chi connectivity index (χ2v) is 4.04. The van der Waals surface area contributed by atoms with Crippen molar-refractivity contribution in [1.29, 1.82) is 0 Å². The van der Waals surface area contributed by atoms with Gasteiger partial charge in [-0.25, -0.2) is 0 Å². The Balaban J connectivity index is 3.22. The van der Waals surface area contributed by atoms with Crippen LogP contribution < -0.4 is 9.64 Å². The lowest BCUT2D eigenvalue weighted by atomic mass is 10.0. The zero-order valence-electron chi connectivity index (χ0n) is 11.7. The van der Waals surface area contributed by atoms with Crippen LogP contribution in [-0.4, -0.2) is 38.2 Å². The molecule has 0 fully saturated rings. The first kappa shape index (κ1) is 15.2. The standard InChI is InChI=1S/C15H21NO3/c1-4-16(5-2)13-6-7-14(15(10-13)19-3)12(11-18)8-9-17/h6-10,18H,4-5,11H2,1-3H3/b12-8-. The van der Waals surface area contributed by atoms with Crippen LogP contribution in [0.25, 0.3) is 5.57 Å². The predicted molar refractivity (Wildman–Crippen MR) is 77.7 cm³/mol. The number of nitrogens with zero attached hydrogens (tertiary/aromatic N) is 1. The molecule has 0 radical (unpaired) electrons. The topological polar surface area (TPSA) is 49.8 Å². The van der Waals surface area contributed by atoms with Gasteiger partial charge in [0.25, 0.3) is 0 Å². The first-order valence-electron chi connectivity index (χ1n) is 6.40. The molecule has 0 spiro atoms. The molecule has 0 unspecified atom stereocenters. The predicted octanol–water partition coefficient (Wildman–Crippen LogP) is 2.12. The maximum Gasteiger partial charge on any atom is 0.143 e. The first-order valence-corrected chi connectivity index (χ1v) is 6.40. The van der Waals surface area contributed by atoms with Crippen molar-refractivity contribution in [2.24, 2.45) is 0 Å². The molecule has 1 aromatic carbocycles. The van der Waals surface area contributed by atoms with Gasteiger partial charge in [0.05, 0.1) is 13.7 Å². The summed E-state index contributed by atoms with van der Waals surface area (Å²) in [5, 5.41) is 9.31. The van der Waals surface area contributed by atoms with Gasteiger partial charge < -0.3 is 14.7 Å². The zero-order valence-corrected chi connectivity index (χ0v) is 11.7. The van der Waals surface area contributed by atoms with Crippen LogP contribution in [0.2, 0.25) is 0 Å². The Hall–Kier alpha value is -1.81. The molecular formula is C15H21NO3. The van der Waals surface area contributed by atoms with Crippen molar-refractivity contribution >= 4 is 17.5 Å². The van der Waals surface area contributed by atoms with E-state index in [1.54, 1.807) is 7.11 Å². The number of anilines is 1. The lowest BCUT2D eigenvalue weighted by Crippen LogP contribution is -2.21. The summed E-state index contributed by atoms with van der Waals surface area (Å²) >= 11 is 0. The number of aldehydes is 1. The maximum atomic E-state index is 10.6. The summed E-state index contributed by atoms with van der Waals surface area (Å²) < 4.78 is 5.36. The number of allylic oxidation sites excluding steroid dienone is 1. The quantitative estimate of drug-likeness (QED) is 0.604. The average molecular weight is 263 g/mol. The highest BCUT2D eigenvalue weighted by atomic mass is 16.5. The van der Waals surface area contributed by atoms with Crippen molar-refractivity contribution in [2.75, 3.05) is 31.7 Å². The molecule has 0 saturated carbocycles. The van der Waals surface area contributed by atoms with Gasteiger partial charge in [0.1, 0.15) is 12.0 Å². The summed E-state index contributed by atoms with van der Waals surface area (Å²) in [5.41, 5.74) is 2.36. The van der Waals surface area contributed by atoms with Gasteiger partial charge in [0.15, 0.2) is 0 Å². The fourth-order valence-corrected chi connectivity index (χ4v) is 2.04. The monoisotopic (exact) mass is 263 g/mol. The molecule has 0 atom stereocenters. The van der Waals surface area contributed by atoms with E-state index in [9.17, 15) is 9.90 Å². The van der Waals surface area contributed by atoms with E-state index in [1.165, 1.54) is 6.08 Å². The Morgan fingerprint density at radius 3 is 2.53 bits per heavy atom. The van der Waals surface area contributed by atoms with E-state index in [0.29, 0.717) is 17.6 Å². The highest BCUT2D eigenvalue weighted by molar-refractivity contribution is 5.84. The summed E-state index contributed by atoms with van der Waals surface area (Å²) in [6.07, 6.45) is 2.03. The number of benzene rings is 1. The number of hydrogen-bond donors (Lipinski definition) is 1. The lowest BCUT2D eigenvalue weighted by molar-refractivity contribution is -0.104. The molecule has 0 saturated heterocycles. The fraction of sp³-hybridized carbons (Fsp3) is 0.400. The molecule has 19 heavy (non-hydrogen) atoms. The van der Waals surface area contributed by atoms with Crippen LogP contribution in [0.1, 0.15) is 19.4 Å². The Morgan fingerprint density at radius 2 is 2.05 bits per heavy atom. The number of ether oxygens (including phenoxy) is 1. The minimum Gasteiger partial charge on any atom is -0.496 e. The van der Waals surface area contributed by atoms with Crippen LogP contribution in [0.5, 0.6) is 5.75 Å². The van der Waals surface area contributed by atoms with Gasteiger partial charge in [-0.1, -0.05) is 0 Å². The smallest absolute Gasteiger partial charge is 0.143 e. The number of carbonyl (C=O) groups is 1. The van der Waals surface area contributed by atoms with E-state index >= 15 is 0 Å². The summed E-state index contributed by atoms with van der Waals surface area (Å²) in [6, 6.07) is 5.77. The average Bonchev–Trinajstić information content (AvgIpc) is 2.46. The molecule has 4 nitrogen and oxygen atoms in total. The van der Waals surface area contributed by atoms with E-state index in [-0.39, 0.29) is 6.61 Å². The number of rotatable bonds is 7. The van der Waals surface area contributed by atoms with Gasteiger partial charge >= 0.3 is 0 Å². The van der Waals surface area contributed by atoms with Crippen LogP contribution >= 0.6 is 0 Å². The van der Waals surface area contributed by atoms with Gasteiger partial charge in [0.2, 0.25) is 0 Å². The highest BCUT2D eigenvalue weighted by Gasteiger charge is 2.11. The maximum absolute atomic E-state index is 10.6. The van der Waals surface area contributed by atoms with Gasteiger partial charge in [-0.2, -0.15) is 0 Å². The first-order chi connectivity index (χ1) is 9.21. The van der Waals surface area contributed by atoms with E-state index in [2.05, 4.69) is 18.7 Å². The molecule has 104 valence electrons. The van der Waals surface area contributed by atoms with Gasteiger partial charge in [0, 0.05) is 30.4 Å². The van der Waals surface area contributed by atoms with E-state index in [0.717, 1.165) is 24.3 Å². The number of methoxy groups -OCH3 is 1. The largest absolute Gasteiger partial charge is 0.496 e. The van der Waals surface area contributed by atoms with Crippen LogP contribution in [-0.2, 0) is 4.79 Å². The van der Waals surface area contributed by atoms with Gasteiger partial charge in [-0.15, -0.1) is 0 Å². The van der Waals surface area contributed by atoms with Crippen LogP contribution in [0.3, 0.4) is 0 Å². The number of carbonyl (C=O) groups excluding carboxylic acids is 1. The SMILES string of the molecule is CCN(CC)c1ccc(/C(=C\C=O)CO)c(OC)c1. The second kappa shape index (κ2) is 7.59. The van der Waals surface area contributed by atoms with Crippen molar-refractivity contribution in [2.45, 2.75) is 13.8 Å². The van der Waals surface area contributed by atoms with Crippen molar-refractivity contribution in [1.82, 2.24) is 0 Å². The van der Waals surface area contributed by atoms with Crippen LogP contribution in [0.15, 0.2) is 24.3 Å². The van der Waals surface area contributed by atoms with Crippen molar-refractivity contribution in [3.05, 3.63) is 29.8 Å². The molecule has 0 heterocycles. The van der Waals surface area contributed by atoms with Crippen LogP contribution in [0, 0.1) is 0 Å². The number of aliphatic hydroxyl groups excluding tert-OH is 1. The van der Waals surface area contributed by atoms with E-state index < -0.39 is 0 Å². The third-order valence-electron chi connectivity index (χ3n) is 3.10. The molecule has 0 aliphatic heterocycles. The summed E-state index contributed by atoms with van der Waals surface area (Å²) in [7, 11) is 1.58. The molecule has 0 bridgehead atoms. The molecule has 0 amide bonds. The van der Waals surface area contributed by atoms with Crippen molar-refractivity contribution in [3.63, 3.8) is 0 Å². The van der Waals surface area contributed by atoms with E-state index in [1.807, 2.05) is 18.2 Å². The van der Waals surface area contributed by atoms with Gasteiger partial charge in [-0.3, -0.25) is 4.79 Å². The molecule has 0 aliphatic carbocycles. The summed E-state index contributed by atoms with van der Waals surface area (Å²) in [5.74, 6) is 0.659. The zero-order chi connectivity index (χ0) is 14.3. The number of hydrogen-bond acceptors (Lipinski definition) is 4. The summed E-state index contributed by atoms with van der Waals surface area (Å²) in [6.45, 7) is 5.82. The van der Waals surface area contributed by atoms with Gasteiger partial charge in [-0.05, 0) is 37.6 Å². The Bertz CT molecular complexity index is 451. The Morgan fingerprint density at radius 1 is 1.37 bits per heavy atom. The molecule has 1 rings (SSSR count). The second-order valence-electron chi connectivity index (χ2n) is 4.04. The molecular weight excluding hydrogens is 242 g/mol. The van der Waals surface area contributed by atoms with Crippen molar-refractivity contribution < 1.29 is 14.6 Å². The third kappa shape index (κ3) is 3.58. The molecule has 0 aromatic heterocycles. The molecule has 1 N–H and O–H groups in total. The molecule has 0 aliphatic rings. The third-order valence-corrected chi connectivity index (χ3v) is 3.10. The van der Waals surface area contributed by atoms with Crippen molar-refractivity contribution in [3.8, 4) is 5.75 Å². The fourth-order valence-electron chi connectivity index (χ4n) is 2.04. The van der Waals surface area contributed by atoms with E-state index in [4.69, 9.17) is 4.74 Å². The number of aliphatic hydroxyl groups is 1. The minimum absolute atomic E-state index is 0.195. The highest BCUT2D eigenvalue weighted by Crippen LogP contribution is 2.30. The summed E-state index contributed by atoms with van der Waals surface area (Å²) in [4.78, 5) is 12.8.